The molecule has 3 N–H and O–H groups in total. The summed E-state index contributed by atoms with van der Waals surface area (Å²) in [6.45, 7) is 8.91. The lowest BCUT2D eigenvalue weighted by molar-refractivity contribution is 0.203. The van der Waals surface area contributed by atoms with E-state index in [2.05, 4.69) is 77.9 Å². The summed E-state index contributed by atoms with van der Waals surface area (Å²) in [5, 5.41) is 16.1. The van der Waals surface area contributed by atoms with Gasteiger partial charge in [-0.1, -0.05) is 43.3 Å². The second kappa shape index (κ2) is 11.6. The Kier molecular flexibility index (Phi) is 8.57. The van der Waals surface area contributed by atoms with Crippen LogP contribution in [0.5, 0.6) is 0 Å². The summed E-state index contributed by atoms with van der Waals surface area (Å²) in [6, 6.07) is 17.3. The minimum atomic E-state index is 0.316. The fraction of sp³-hybridized carbons (Fsp3) is 0.480. The number of nitrogens with one attached hydrogen (secondary N) is 2. The summed E-state index contributed by atoms with van der Waals surface area (Å²) in [4.78, 5) is 7.18. The molecule has 2 aromatic carbocycles. The van der Waals surface area contributed by atoms with Crippen molar-refractivity contribution in [1.82, 2.24) is 10.6 Å². The zero-order valence-electron chi connectivity index (χ0n) is 18.4. The summed E-state index contributed by atoms with van der Waals surface area (Å²) < 4.78 is 0. The van der Waals surface area contributed by atoms with Gasteiger partial charge >= 0.3 is 0 Å². The van der Waals surface area contributed by atoms with Crippen molar-refractivity contribution in [2.24, 2.45) is 10.9 Å². The van der Waals surface area contributed by atoms with E-state index in [0.29, 0.717) is 19.1 Å². The second-order valence-corrected chi connectivity index (χ2v) is 7.95. The number of piperidine rings is 1. The Hall–Kier alpha value is -2.53. The molecule has 1 aliphatic rings. The number of guanidine groups is 1. The van der Waals surface area contributed by atoms with Gasteiger partial charge in [-0.2, -0.15) is 0 Å². The summed E-state index contributed by atoms with van der Waals surface area (Å²) >= 11 is 0. The molecule has 0 saturated carbocycles. The first-order valence-electron chi connectivity index (χ1n) is 11.3. The number of hydrogen-bond acceptors (Lipinski definition) is 3. The number of aliphatic imine (C=N–C) groups is 1. The smallest absolute Gasteiger partial charge is 0.191 e. The zero-order valence-corrected chi connectivity index (χ0v) is 18.4. The average molecular weight is 409 g/mol. The fourth-order valence-corrected chi connectivity index (χ4v) is 3.95. The lowest BCUT2D eigenvalue weighted by Crippen LogP contribution is -2.37. The third-order valence-corrected chi connectivity index (χ3v) is 5.88. The molecule has 0 aliphatic carbocycles. The maximum absolute atomic E-state index is 9.31. The molecule has 5 heteroatoms. The van der Waals surface area contributed by atoms with E-state index in [1.807, 2.05) is 0 Å². The minimum absolute atomic E-state index is 0.316. The van der Waals surface area contributed by atoms with Gasteiger partial charge in [0.05, 0.1) is 6.54 Å². The molecule has 1 fully saturated rings. The predicted molar refractivity (Wildman–Crippen MR) is 126 cm³/mol. The molecule has 0 amide bonds. The molecule has 0 aromatic heterocycles. The van der Waals surface area contributed by atoms with Gasteiger partial charge in [-0.25, -0.2) is 4.99 Å². The van der Waals surface area contributed by atoms with Crippen LogP contribution in [-0.2, 0) is 19.5 Å². The molecule has 0 spiro atoms. The van der Waals surface area contributed by atoms with E-state index in [0.717, 1.165) is 51.4 Å². The fourth-order valence-electron chi connectivity index (χ4n) is 3.95. The Balaban J connectivity index is 1.56. The number of anilines is 1. The highest BCUT2D eigenvalue weighted by atomic mass is 16.3. The number of aliphatic hydroxyl groups is 1. The van der Waals surface area contributed by atoms with Crippen molar-refractivity contribution in [3.63, 3.8) is 0 Å². The second-order valence-electron chi connectivity index (χ2n) is 7.95. The highest BCUT2D eigenvalue weighted by Gasteiger charge is 2.18. The molecule has 0 unspecified atom stereocenters. The van der Waals surface area contributed by atoms with Gasteiger partial charge in [-0.3, -0.25) is 0 Å². The van der Waals surface area contributed by atoms with Crippen LogP contribution in [0.2, 0.25) is 0 Å². The summed E-state index contributed by atoms with van der Waals surface area (Å²) in [7, 11) is 0. The highest BCUT2D eigenvalue weighted by molar-refractivity contribution is 5.79. The van der Waals surface area contributed by atoms with Crippen molar-refractivity contribution in [3.05, 3.63) is 65.2 Å². The van der Waals surface area contributed by atoms with E-state index in [-0.39, 0.29) is 0 Å². The van der Waals surface area contributed by atoms with Gasteiger partial charge in [0.15, 0.2) is 5.96 Å². The maximum Gasteiger partial charge on any atom is 0.191 e. The highest BCUT2D eigenvalue weighted by Crippen LogP contribution is 2.23. The van der Waals surface area contributed by atoms with Gasteiger partial charge in [0.2, 0.25) is 0 Å². The molecular weight excluding hydrogens is 372 g/mol. The van der Waals surface area contributed by atoms with Crippen LogP contribution in [0.25, 0.3) is 0 Å². The summed E-state index contributed by atoms with van der Waals surface area (Å²) in [5.41, 5.74) is 5.16. The molecule has 3 rings (SSSR count). The first kappa shape index (κ1) is 22.2. The largest absolute Gasteiger partial charge is 0.396 e. The van der Waals surface area contributed by atoms with Crippen LogP contribution < -0.4 is 15.5 Å². The zero-order chi connectivity index (χ0) is 21.2. The van der Waals surface area contributed by atoms with Gasteiger partial charge in [-0.05, 0) is 60.9 Å². The first-order chi connectivity index (χ1) is 14.7. The number of benzene rings is 2. The van der Waals surface area contributed by atoms with Crippen LogP contribution >= 0.6 is 0 Å². The van der Waals surface area contributed by atoms with E-state index in [1.54, 1.807) is 0 Å². The molecule has 1 saturated heterocycles. The van der Waals surface area contributed by atoms with Gasteiger partial charge < -0.3 is 20.6 Å². The van der Waals surface area contributed by atoms with Crippen LogP contribution in [0, 0.1) is 5.92 Å². The Morgan fingerprint density at radius 2 is 1.70 bits per heavy atom. The minimum Gasteiger partial charge on any atom is -0.396 e. The van der Waals surface area contributed by atoms with Gasteiger partial charge in [-0.15, -0.1) is 0 Å². The Labute approximate surface area is 181 Å². The van der Waals surface area contributed by atoms with Crippen LogP contribution in [0.4, 0.5) is 5.69 Å². The molecule has 0 bridgehead atoms. The van der Waals surface area contributed by atoms with E-state index >= 15 is 0 Å². The molecule has 30 heavy (non-hydrogen) atoms. The molecule has 1 aliphatic heterocycles. The van der Waals surface area contributed by atoms with E-state index in [4.69, 9.17) is 4.99 Å². The van der Waals surface area contributed by atoms with E-state index in [1.165, 1.54) is 22.4 Å². The summed E-state index contributed by atoms with van der Waals surface area (Å²) in [5.74, 6) is 1.31. The van der Waals surface area contributed by atoms with Gasteiger partial charge in [0.25, 0.3) is 0 Å². The van der Waals surface area contributed by atoms with Crippen molar-refractivity contribution in [3.8, 4) is 0 Å². The van der Waals surface area contributed by atoms with Crippen LogP contribution in [0.3, 0.4) is 0 Å². The van der Waals surface area contributed by atoms with Crippen LogP contribution in [-0.4, -0.2) is 37.3 Å². The monoisotopic (exact) mass is 408 g/mol. The normalized spacial score (nSPS) is 15.3. The maximum atomic E-state index is 9.31. The average Bonchev–Trinajstić information content (AvgIpc) is 2.81. The van der Waals surface area contributed by atoms with Crippen LogP contribution in [0.15, 0.2) is 53.5 Å². The van der Waals surface area contributed by atoms with Crippen LogP contribution in [0.1, 0.15) is 43.4 Å². The predicted octanol–water partition coefficient (Wildman–Crippen LogP) is 3.71. The molecule has 0 atom stereocenters. The van der Waals surface area contributed by atoms with Gasteiger partial charge in [0, 0.05) is 38.5 Å². The number of rotatable bonds is 8. The molecule has 0 radical (unpaired) electrons. The molecular formula is C25H36N4O. The lowest BCUT2D eigenvalue weighted by atomic mass is 9.97. The Morgan fingerprint density at radius 1 is 1.00 bits per heavy atom. The topological polar surface area (TPSA) is 59.9 Å². The van der Waals surface area contributed by atoms with E-state index in [9.17, 15) is 5.11 Å². The molecule has 162 valence electrons. The first-order valence-corrected chi connectivity index (χ1v) is 11.3. The van der Waals surface area contributed by atoms with Gasteiger partial charge in [0.1, 0.15) is 0 Å². The van der Waals surface area contributed by atoms with Crippen molar-refractivity contribution < 1.29 is 5.11 Å². The summed E-state index contributed by atoms with van der Waals surface area (Å²) in [6.07, 6.45) is 3.18. The molecule has 2 aromatic rings. The molecule has 1 heterocycles. The number of nitrogens with zero attached hydrogens (tertiary/aromatic N) is 2. The van der Waals surface area contributed by atoms with Crippen molar-refractivity contribution in [2.75, 3.05) is 31.1 Å². The van der Waals surface area contributed by atoms with Crippen molar-refractivity contribution in [1.29, 1.82) is 0 Å². The number of aliphatic hydroxyl groups excluding tert-OH is 1. The van der Waals surface area contributed by atoms with E-state index < -0.39 is 0 Å². The number of aryl methyl sites for hydroxylation is 1. The Bertz CT molecular complexity index is 795. The quantitative estimate of drug-likeness (QED) is 0.460. The third kappa shape index (κ3) is 6.23. The SMILES string of the molecule is CCNC(=NCc1ccc(N2CCC(CO)CC2)cc1)NCc1ccccc1CC. The number of hydrogen-bond donors (Lipinski definition) is 3. The van der Waals surface area contributed by atoms with Crippen molar-refractivity contribution in [2.45, 2.75) is 46.2 Å². The molecule has 5 nitrogen and oxygen atoms in total. The standard InChI is InChI=1S/C25H36N4O/c1-3-22-7-5-6-8-23(22)18-28-25(26-4-2)27-17-20-9-11-24(12-10-20)29-15-13-21(19-30)14-16-29/h5-12,21,30H,3-4,13-19H2,1-2H3,(H2,26,27,28). The Morgan fingerprint density at radius 3 is 2.33 bits per heavy atom. The lowest BCUT2D eigenvalue weighted by Gasteiger charge is -2.32. The third-order valence-electron chi connectivity index (χ3n) is 5.88. The van der Waals surface area contributed by atoms with Crippen molar-refractivity contribution >= 4 is 11.6 Å².